The summed E-state index contributed by atoms with van der Waals surface area (Å²) in [5, 5.41) is 0. The van der Waals surface area contributed by atoms with E-state index in [1.54, 1.807) is 3.28 Å². The van der Waals surface area contributed by atoms with Crippen LogP contribution in [0.2, 0.25) is 9.26 Å². The van der Waals surface area contributed by atoms with Crippen molar-refractivity contribution in [2.24, 2.45) is 0 Å². The van der Waals surface area contributed by atoms with Gasteiger partial charge >= 0.3 is 223 Å². The maximum atomic E-state index is 6.28. The van der Waals surface area contributed by atoms with Gasteiger partial charge < -0.3 is 0 Å². The van der Waals surface area contributed by atoms with Gasteiger partial charge in [0.05, 0.1) is 0 Å². The molecule has 0 fully saturated rings. The molecule has 2 aliphatic carbocycles. The van der Waals surface area contributed by atoms with E-state index in [2.05, 4.69) is 125 Å². The van der Waals surface area contributed by atoms with E-state index in [-0.39, 0.29) is 0 Å². The van der Waals surface area contributed by atoms with E-state index in [0.717, 1.165) is 18.6 Å². The van der Waals surface area contributed by atoms with Crippen molar-refractivity contribution in [3.05, 3.63) is 140 Å². The van der Waals surface area contributed by atoms with Gasteiger partial charge in [-0.3, -0.25) is 0 Å². The molecule has 4 aromatic carbocycles. The molecule has 0 heterocycles. The first-order valence-corrected chi connectivity index (χ1v) is 21.9. The standard InChI is InChI=1S/C14H11O.C13H10.C6H7.2CH3.Zr/c1-15-12-6-7-14-11(9-12)8-10-4-2-3-5-13(10)14;1-3-7-12(8-4-1)11-13-9-5-2-6-10-13;1-6-4-2-3-5-6;;;/h2-7H,8H2,1H3;1-10H;4-5H,2H2,1H3;2*1H3;. The van der Waals surface area contributed by atoms with E-state index in [9.17, 15) is 0 Å². The van der Waals surface area contributed by atoms with E-state index < -0.39 is 18.3 Å². The average molecular weight is 562 g/mol. The fourth-order valence-corrected chi connectivity index (χ4v) is 22.8. The first-order chi connectivity index (χ1) is 17.9. The Morgan fingerprint density at radius 3 is 1.95 bits per heavy atom. The van der Waals surface area contributed by atoms with Crippen molar-refractivity contribution in [2.75, 3.05) is 7.11 Å². The van der Waals surface area contributed by atoms with Gasteiger partial charge in [0.15, 0.2) is 0 Å². The topological polar surface area (TPSA) is 9.23 Å². The predicted molar refractivity (Wildman–Crippen MR) is 155 cm³/mol. The Balaban J connectivity index is 1.85. The van der Waals surface area contributed by atoms with Gasteiger partial charge in [-0.2, -0.15) is 0 Å². The molecule has 184 valence electrons. The maximum absolute atomic E-state index is 6.28. The Kier molecular flexibility index (Phi) is 5.92. The molecule has 0 atom stereocenters. The van der Waals surface area contributed by atoms with Gasteiger partial charge in [-0.05, 0) is 0 Å². The summed E-state index contributed by atoms with van der Waals surface area (Å²) in [5.74, 6) is 1.04. The summed E-state index contributed by atoms with van der Waals surface area (Å²) >= 11 is -4.32. The molecular weight excluding hydrogens is 528 g/mol. The molecule has 0 amide bonds. The molecule has 0 spiro atoms. The molecule has 0 radical (unpaired) electrons. The van der Waals surface area contributed by atoms with Crippen LogP contribution in [0.4, 0.5) is 0 Å². The molecule has 2 heteroatoms. The second kappa shape index (κ2) is 9.03. The van der Waals surface area contributed by atoms with Crippen molar-refractivity contribution >= 4 is 6.48 Å². The fourth-order valence-electron chi connectivity index (χ4n) is 7.06. The Morgan fingerprint density at radius 1 is 0.730 bits per heavy atom. The first kappa shape index (κ1) is 24.3. The van der Waals surface area contributed by atoms with Crippen molar-refractivity contribution in [2.45, 2.75) is 29.0 Å². The van der Waals surface area contributed by atoms with Gasteiger partial charge in [0.2, 0.25) is 0 Å². The molecule has 0 aliphatic heterocycles. The zero-order valence-corrected chi connectivity index (χ0v) is 24.7. The summed E-state index contributed by atoms with van der Waals surface area (Å²) in [6.45, 7) is 2.25. The van der Waals surface area contributed by atoms with Crippen LogP contribution >= 0.6 is 0 Å². The SMILES string of the molecule is COc1ccc2c([c]1[Zr]([CH3])([CH3])([C]1=CC(C)=CC1)=[C](c1ccccc1)c1ccccc1)Cc1ccccc1-2. The van der Waals surface area contributed by atoms with Crippen LogP contribution in [0.25, 0.3) is 11.1 Å². The van der Waals surface area contributed by atoms with Crippen LogP contribution in [0.5, 0.6) is 5.75 Å². The van der Waals surface area contributed by atoms with Crippen LogP contribution in [-0.4, -0.2) is 10.3 Å². The number of hydrogen-bond acceptors (Lipinski definition) is 1. The second-order valence-electron chi connectivity index (χ2n) is 11.3. The summed E-state index contributed by atoms with van der Waals surface area (Å²) in [4.78, 5) is 0. The number of ether oxygens (including phenoxy) is 1. The molecule has 0 saturated heterocycles. The molecule has 0 saturated carbocycles. The molecule has 4 aromatic rings. The average Bonchev–Trinajstić information content (AvgIpc) is 3.53. The monoisotopic (exact) mass is 560 g/mol. The Hall–Kier alpha value is -3.09. The Morgan fingerprint density at radius 2 is 1.35 bits per heavy atom. The van der Waals surface area contributed by atoms with Gasteiger partial charge in [-0.25, -0.2) is 0 Å². The van der Waals surface area contributed by atoms with Crippen molar-refractivity contribution in [3.8, 4) is 16.9 Å². The third-order valence-corrected chi connectivity index (χ3v) is 24.5. The van der Waals surface area contributed by atoms with Crippen LogP contribution in [0.15, 0.2) is 118 Å². The Labute approximate surface area is 221 Å². The van der Waals surface area contributed by atoms with Crippen LogP contribution in [0.3, 0.4) is 0 Å². The van der Waals surface area contributed by atoms with Gasteiger partial charge in [0.25, 0.3) is 0 Å². The molecule has 2 aliphatic rings. The number of allylic oxidation sites excluding steroid dienone is 4. The summed E-state index contributed by atoms with van der Waals surface area (Å²) in [6, 6.07) is 35.7. The molecule has 1 nitrogen and oxygen atoms in total. The van der Waals surface area contributed by atoms with Crippen LogP contribution in [0, 0.1) is 0 Å². The quantitative estimate of drug-likeness (QED) is 0.210. The van der Waals surface area contributed by atoms with Crippen molar-refractivity contribution < 1.29 is 23.0 Å². The molecule has 0 unspecified atom stereocenters. The van der Waals surface area contributed by atoms with E-state index >= 15 is 0 Å². The number of fused-ring (bicyclic) bond motifs is 3. The van der Waals surface area contributed by atoms with Crippen molar-refractivity contribution in [1.29, 1.82) is 0 Å². The fraction of sp³-hybridized carbons (Fsp3) is 0.171. The third-order valence-electron chi connectivity index (χ3n) is 8.80. The van der Waals surface area contributed by atoms with Crippen LogP contribution < -0.4 is 8.01 Å². The minimum absolute atomic E-state index is 0.958. The van der Waals surface area contributed by atoms with Gasteiger partial charge in [-0.1, -0.05) is 0 Å². The van der Waals surface area contributed by atoms with Gasteiger partial charge in [0, 0.05) is 0 Å². The van der Waals surface area contributed by atoms with E-state index in [1.807, 2.05) is 7.11 Å². The molecular formula is C35H34OZr. The van der Waals surface area contributed by atoms with E-state index in [0.29, 0.717) is 0 Å². The summed E-state index contributed by atoms with van der Waals surface area (Å²) in [6.07, 6.45) is 6.87. The zero-order valence-electron chi connectivity index (χ0n) is 22.2. The summed E-state index contributed by atoms with van der Waals surface area (Å²) in [5.41, 5.74) is 9.64. The van der Waals surface area contributed by atoms with Crippen molar-refractivity contribution in [3.63, 3.8) is 0 Å². The Bertz CT molecular complexity index is 1610. The molecule has 37 heavy (non-hydrogen) atoms. The van der Waals surface area contributed by atoms with E-state index in [1.165, 1.54) is 45.4 Å². The molecule has 0 aromatic heterocycles. The number of benzene rings is 4. The molecule has 0 N–H and O–H groups in total. The zero-order chi connectivity index (χ0) is 25.6. The molecule has 6 rings (SSSR count). The second-order valence-corrected chi connectivity index (χ2v) is 27.0. The van der Waals surface area contributed by atoms with Crippen LogP contribution in [0.1, 0.15) is 35.6 Å². The van der Waals surface area contributed by atoms with Gasteiger partial charge in [0.1, 0.15) is 0 Å². The normalized spacial score (nSPS) is 14.5. The van der Waals surface area contributed by atoms with Crippen LogP contribution in [-0.2, 0) is 24.7 Å². The van der Waals surface area contributed by atoms with Gasteiger partial charge in [-0.15, -0.1) is 0 Å². The predicted octanol–water partition coefficient (Wildman–Crippen LogP) is 8.18. The number of methoxy groups -OCH3 is 1. The van der Waals surface area contributed by atoms with Crippen molar-refractivity contribution in [1.82, 2.24) is 0 Å². The van der Waals surface area contributed by atoms with E-state index in [4.69, 9.17) is 4.74 Å². The summed E-state index contributed by atoms with van der Waals surface area (Å²) in [7, 11) is 1.85. The molecule has 0 bridgehead atoms. The third kappa shape index (κ3) is 3.72. The minimum atomic E-state index is -4.32. The first-order valence-electron chi connectivity index (χ1n) is 13.3. The number of rotatable bonds is 5. The number of hydrogen-bond donors (Lipinski definition) is 0. The summed E-state index contributed by atoms with van der Waals surface area (Å²) < 4.78 is 16.2.